The van der Waals surface area contributed by atoms with Gasteiger partial charge in [0.25, 0.3) is 0 Å². The fourth-order valence-corrected chi connectivity index (χ4v) is 1.53. The summed E-state index contributed by atoms with van der Waals surface area (Å²) in [7, 11) is 0. The summed E-state index contributed by atoms with van der Waals surface area (Å²) in [6, 6.07) is 8.38. The van der Waals surface area contributed by atoms with Gasteiger partial charge in [0.2, 0.25) is 0 Å². The van der Waals surface area contributed by atoms with Gasteiger partial charge < -0.3 is 5.73 Å². The lowest BCUT2D eigenvalue weighted by atomic mass is 10.0. The minimum Gasteiger partial charge on any atom is -0.382 e. The summed E-state index contributed by atoms with van der Waals surface area (Å²) in [6.07, 6.45) is 3.27. The first-order valence-corrected chi connectivity index (χ1v) is 5.34. The van der Waals surface area contributed by atoms with Crippen LogP contribution in [0.1, 0.15) is 25.3 Å². The van der Waals surface area contributed by atoms with Gasteiger partial charge in [0, 0.05) is 5.56 Å². The number of hydrogen-bond acceptors (Lipinski definition) is 3. The number of rotatable bonds is 2. The second-order valence-electron chi connectivity index (χ2n) is 4.10. The number of aromatic nitrogens is 2. The van der Waals surface area contributed by atoms with Crippen LogP contribution in [0.4, 0.5) is 5.82 Å². The molecular formula is C13H15N3. The van der Waals surface area contributed by atoms with Crippen LogP contribution in [0.3, 0.4) is 0 Å². The first-order valence-electron chi connectivity index (χ1n) is 5.34. The predicted octanol–water partition coefficient (Wildman–Crippen LogP) is 2.85. The number of nitrogen functional groups attached to an aromatic ring is 1. The molecule has 2 aromatic rings. The lowest BCUT2D eigenvalue weighted by Gasteiger charge is -2.06. The Morgan fingerprint density at radius 1 is 1.00 bits per heavy atom. The highest BCUT2D eigenvalue weighted by Gasteiger charge is 2.02. The minimum absolute atomic E-state index is 0.447. The second-order valence-corrected chi connectivity index (χ2v) is 4.10. The Morgan fingerprint density at radius 2 is 1.69 bits per heavy atom. The van der Waals surface area contributed by atoms with E-state index < -0.39 is 0 Å². The zero-order valence-electron chi connectivity index (χ0n) is 9.51. The molecule has 0 bridgehead atoms. The molecule has 0 saturated carbocycles. The molecule has 0 aliphatic rings. The van der Waals surface area contributed by atoms with Crippen LogP contribution in [0, 0.1) is 0 Å². The molecule has 1 aromatic carbocycles. The summed E-state index contributed by atoms with van der Waals surface area (Å²) in [6.45, 7) is 4.36. The molecule has 0 unspecified atom stereocenters. The van der Waals surface area contributed by atoms with E-state index in [2.05, 4.69) is 48.1 Å². The molecule has 2 N–H and O–H groups in total. The van der Waals surface area contributed by atoms with Crippen LogP contribution in [0.5, 0.6) is 0 Å². The molecule has 0 saturated heterocycles. The van der Waals surface area contributed by atoms with Crippen LogP contribution in [0.2, 0.25) is 0 Å². The first kappa shape index (κ1) is 10.6. The largest absolute Gasteiger partial charge is 0.382 e. The van der Waals surface area contributed by atoms with Crippen molar-refractivity contribution in [2.24, 2.45) is 0 Å². The Morgan fingerprint density at radius 3 is 2.19 bits per heavy atom. The van der Waals surface area contributed by atoms with Crippen molar-refractivity contribution in [2.75, 3.05) is 5.73 Å². The average Bonchev–Trinajstić information content (AvgIpc) is 2.30. The van der Waals surface area contributed by atoms with E-state index in [1.807, 2.05) is 0 Å². The van der Waals surface area contributed by atoms with Crippen LogP contribution in [-0.4, -0.2) is 9.97 Å². The van der Waals surface area contributed by atoms with Crippen molar-refractivity contribution in [1.82, 2.24) is 9.97 Å². The van der Waals surface area contributed by atoms with Gasteiger partial charge in [-0.1, -0.05) is 38.1 Å². The van der Waals surface area contributed by atoms with Gasteiger partial charge in [0.05, 0.1) is 18.1 Å². The highest BCUT2D eigenvalue weighted by atomic mass is 14.9. The van der Waals surface area contributed by atoms with Crippen molar-refractivity contribution >= 4 is 5.82 Å². The number of nitrogens with two attached hydrogens (primary N) is 1. The molecule has 2 rings (SSSR count). The van der Waals surface area contributed by atoms with E-state index in [0.29, 0.717) is 11.7 Å². The lowest BCUT2D eigenvalue weighted by molar-refractivity contribution is 0.867. The number of benzene rings is 1. The monoisotopic (exact) mass is 213 g/mol. The van der Waals surface area contributed by atoms with Crippen LogP contribution in [0.15, 0.2) is 36.7 Å². The highest BCUT2D eigenvalue weighted by molar-refractivity contribution is 5.59. The van der Waals surface area contributed by atoms with Gasteiger partial charge in [-0.05, 0) is 11.5 Å². The van der Waals surface area contributed by atoms with Gasteiger partial charge in [-0.3, -0.25) is 4.98 Å². The van der Waals surface area contributed by atoms with Gasteiger partial charge in [-0.2, -0.15) is 0 Å². The highest BCUT2D eigenvalue weighted by Crippen LogP contribution is 2.20. The fourth-order valence-electron chi connectivity index (χ4n) is 1.53. The van der Waals surface area contributed by atoms with Crippen LogP contribution in [0.25, 0.3) is 11.3 Å². The van der Waals surface area contributed by atoms with Crippen molar-refractivity contribution < 1.29 is 0 Å². The van der Waals surface area contributed by atoms with Crippen LogP contribution >= 0.6 is 0 Å². The molecule has 0 radical (unpaired) electrons. The summed E-state index contributed by atoms with van der Waals surface area (Å²) in [5, 5.41) is 0. The van der Waals surface area contributed by atoms with Gasteiger partial charge >= 0.3 is 0 Å². The fraction of sp³-hybridized carbons (Fsp3) is 0.231. The Bertz CT molecular complexity index is 458. The molecule has 0 spiro atoms. The molecule has 1 aromatic heterocycles. The van der Waals surface area contributed by atoms with Crippen molar-refractivity contribution in [2.45, 2.75) is 19.8 Å². The Kier molecular flexibility index (Phi) is 2.86. The molecule has 0 aliphatic carbocycles. The summed E-state index contributed by atoms with van der Waals surface area (Å²) in [5.74, 6) is 0.995. The third-order valence-corrected chi connectivity index (χ3v) is 2.54. The standard InChI is InChI=1S/C13H15N3/c1-9(2)10-3-5-11(6-4-10)12-7-16-13(14)8-15-12/h3-9H,1-2H3,(H2,14,16). The maximum Gasteiger partial charge on any atom is 0.141 e. The molecule has 16 heavy (non-hydrogen) atoms. The number of hydrogen-bond donors (Lipinski definition) is 1. The van der Waals surface area contributed by atoms with E-state index in [1.165, 1.54) is 5.56 Å². The molecule has 3 heteroatoms. The van der Waals surface area contributed by atoms with Gasteiger partial charge in [0.1, 0.15) is 5.82 Å². The zero-order valence-corrected chi connectivity index (χ0v) is 9.51. The summed E-state index contributed by atoms with van der Waals surface area (Å²) in [4.78, 5) is 8.26. The SMILES string of the molecule is CC(C)c1ccc(-c2cnc(N)cn2)cc1. The normalized spacial score (nSPS) is 10.7. The summed E-state index contributed by atoms with van der Waals surface area (Å²) in [5.41, 5.74) is 8.74. The molecule has 0 amide bonds. The quantitative estimate of drug-likeness (QED) is 0.834. The van der Waals surface area contributed by atoms with E-state index >= 15 is 0 Å². The van der Waals surface area contributed by atoms with E-state index in [9.17, 15) is 0 Å². The average molecular weight is 213 g/mol. The smallest absolute Gasteiger partial charge is 0.141 e. The maximum atomic E-state index is 5.49. The van der Waals surface area contributed by atoms with Crippen molar-refractivity contribution in [3.05, 3.63) is 42.2 Å². The van der Waals surface area contributed by atoms with Crippen LogP contribution in [-0.2, 0) is 0 Å². The first-order chi connectivity index (χ1) is 7.66. The summed E-state index contributed by atoms with van der Waals surface area (Å²) < 4.78 is 0. The predicted molar refractivity (Wildman–Crippen MR) is 66.0 cm³/mol. The molecular weight excluding hydrogens is 198 g/mol. The number of anilines is 1. The number of nitrogens with zero attached hydrogens (tertiary/aromatic N) is 2. The minimum atomic E-state index is 0.447. The molecule has 3 nitrogen and oxygen atoms in total. The lowest BCUT2D eigenvalue weighted by Crippen LogP contribution is -1.93. The third-order valence-electron chi connectivity index (χ3n) is 2.54. The zero-order chi connectivity index (χ0) is 11.5. The van der Waals surface area contributed by atoms with Crippen molar-refractivity contribution in [3.63, 3.8) is 0 Å². The molecule has 0 aliphatic heterocycles. The van der Waals surface area contributed by atoms with Crippen molar-refractivity contribution in [1.29, 1.82) is 0 Å². The summed E-state index contributed by atoms with van der Waals surface area (Å²) >= 11 is 0. The third kappa shape index (κ3) is 2.19. The molecule has 0 atom stereocenters. The van der Waals surface area contributed by atoms with E-state index in [4.69, 9.17) is 5.73 Å². The van der Waals surface area contributed by atoms with E-state index in [1.54, 1.807) is 12.4 Å². The molecule has 0 fully saturated rings. The van der Waals surface area contributed by atoms with E-state index in [-0.39, 0.29) is 0 Å². The molecule has 82 valence electrons. The van der Waals surface area contributed by atoms with E-state index in [0.717, 1.165) is 11.3 Å². The topological polar surface area (TPSA) is 51.8 Å². The Balaban J connectivity index is 2.31. The Labute approximate surface area is 95.4 Å². The van der Waals surface area contributed by atoms with Gasteiger partial charge in [0.15, 0.2) is 0 Å². The van der Waals surface area contributed by atoms with Crippen LogP contribution < -0.4 is 5.73 Å². The Hall–Kier alpha value is -1.90. The molecule has 1 heterocycles. The van der Waals surface area contributed by atoms with Crippen molar-refractivity contribution in [3.8, 4) is 11.3 Å². The second kappa shape index (κ2) is 4.31. The van der Waals surface area contributed by atoms with Gasteiger partial charge in [-0.25, -0.2) is 4.98 Å². The van der Waals surface area contributed by atoms with Gasteiger partial charge in [-0.15, -0.1) is 0 Å². The maximum absolute atomic E-state index is 5.49.